The molecule has 0 radical (unpaired) electrons. The highest BCUT2D eigenvalue weighted by atomic mass is 15.0. The maximum absolute atomic E-state index is 3.80. The molecule has 0 amide bonds. The summed E-state index contributed by atoms with van der Waals surface area (Å²) in [5, 5.41) is 3.80. The Morgan fingerprint density at radius 2 is 2.06 bits per heavy atom. The van der Waals surface area contributed by atoms with Crippen LogP contribution in [0.1, 0.15) is 49.8 Å². The van der Waals surface area contributed by atoms with Crippen LogP contribution in [0, 0.1) is 19.8 Å². The minimum Gasteiger partial charge on any atom is -0.311 e. The van der Waals surface area contributed by atoms with Crippen LogP contribution in [-0.2, 0) is 6.42 Å². The van der Waals surface area contributed by atoms with E-state index in [0.717, 1.165) is 5.92 Å². The normalized spacial score (nSPS) is 23.8. The minimum absolute atomic E-state index is 0.354. The first-order chi connectivity index (χ1) is 8.52. The van der Waals surface area contributed by atoms with E-state index in [4.69, 9.17) is 0 Å². The molecule has 1 fully saturated rings. The van der Waals surface area contributed by atoms with Crippen molar-refractivity contribution in [2.75, 3.05) is 6.54 Å². The number of rotatable bonds is 4. The standard InChI is InChI=1S/C17H27N/c1-13(2)11-17(9-6-10-18-17)12-16-8-5-7-14(3)15(16)4/h5,7-8,13,18H,6,9-12H2,1-4H3. The van der Waals surface area contributed by atoms with Gasteiger partial charge in [0.25, 0.3) is 0 Å². The average molecular weight is 245 g/mol. The van der Waals surface area contributed by atoms with E-state index in [2.05, 4.69) is 51.2 Å². The maximum atomic E-state index is 3.80. The van der Waals surface area contributed by atoms with Crippen LogP contribution >= 0.6 is 0 Å². The second-order valence-electron chi connectivity index (χ2n) is 6.44. The summed E-state index contributed by atoms with van der Waals surface area (Å²) >= 11 is 0. The molecule has 0 spiro atoms. The highest BCUT2D eigenvalue weighted by molar-refractivity contribution is 5.34. The lowest BCUT2D eigenvalue weighted by Crippen LogP contribution is -2.43. The van der Waals surface area contributed by atoms with E-state index in [1.807, 2.05) is 0 Å². The van der Waals surface area contributed by atoms with Crippen molar-refractivity contribution in [2.45, 2.75) is 58.9 Å². The van der Waals surface area contributed by atoms with E-state index in [9.17, 15) is 0 Å². The molecule has 1 nitrogen and oxygen atoms in total. The van der Waals surface area contributed by atoms with Crippen molar-refractivity contribution >= 4 is 0 Å². The molecule has 1 saturated heterocycles. The number of nitrogens with one attached hydrogen (secondary N) is 1. The molecule has 100 valence electrons. The monoisotopic (exact) mass is 245 g/mol. The molecule has 1 N–H and O–H groups in total. The number of benzene rings is 1. The van der Waals surface area contributed by atoms with Gasteiger partial charge in [-0.25, -0.2) is 0 Å². The lowest BCUT2D eigenvalue weighted by Gasteiger charge is -2.32. The Bertz CT molecular complexity index is 400. The van der Waals surface area contributed by atoms with E-state index < -0.39 is 0 Å². The first kappa shape index (κ1) is 13.6. The molecule has 0 aromatic heterocycles. The van der Waals surface area contributed by atoms with E-state index in [-0.39, 0.29) is 0 Å². The molecule has 1 aromatic carbocycles. The number of hydrogen-bond acceptors (Lipinski definition) is 1. The van der Waals surface area contributed by atoms with Crippen molar-refractivity contribution < 1.29 is 0 Å². The fourth-order valence-electron chi connectivity index (χ4n) is 3.42. The fraction of sp³-hybridized carbons (Fsp3) is 0.647. The third-order valence-electron chi connectivity index (χ3n) is 4.38. The third-order valence-corrected chi connectivity index (χ3v) is 4.38. The lowest BCUT2D eigenvalue weighted by atomic mass is 9.81. The van der Waals surface area contributed by atoms with Gasteiger partial charge >= 0.3 is 0 Å². The van der Waals surface area contributed by atoms with Crippen molar-refractivity contribution in [3.8, 4) is 0 Å². The molecule has 18 heavy (non-hydrogen) atoms. The van der Waals surface area contributed by atoms with Gasteiger partial charge in [0.1, 0.15) is 0 Å². The molecular formula is C17H27N. The van der Waals surface area contributed by atoms with Gasteiger partial charge in [0.2, 0.25) is 0 Å². The van der Waals surface area contributed by atoms with Gasteiger partial charge in [0.15, 0.2) is 0 Å². The largest absolute Gasteiger partial charge is 0.311 e. The molecule has 1 aliphatic rings. The van der Waals surface area contributed by atoms with Crippen molar-refractivity contribution in [1.82, 2.24) is 5.32 Å². The molecule has 1 heterocycles. The molecular weight excluding hydrogens is 218 g/mol. The van der Waals surface area contributed by atoms with E-state index in [1.54, 1.807) is 0 Å². The smallest absolute Gasteiger partial charge is 0.0224 e. The topological polar surface area (TPSA) is 12.0 Å². The van der Waals surface area contributed by atoms with Gasteiger partial charge in [-0.3, -0.25) is 0 Å². The molecule has 1 atom stereocenters. The average Bonchev–Trinajstić information content (AvgIpc) is 2.72. The summed E-state index contributed by atoms with van der Waals surface area (Å²) in [6, 6.07) is 6.73. The predicted molar refractivity (Wildman–Crippen MR) is 79.0 cm³/mol. The van der Waals surface area contributed by atoms with Gasteiger partial charge in [0.05, 0.1) is 0 Å². The Kier molecular flexibility index (Phi) is 4.11. The highest BCUT2D eigenvalue weighted by Gasteiger charge is 2.34. The Morgan fingerprint density at radius 1 is 1.28 bits per heavy atom. The van der Waals surface area contributed by atoms with Gasteiger partial charge in [-0.15, -0.1) is 0 Å². The summed E-state index contributed by atoms with van der Waals surface area (Å²) in [4.78, 5) is 0. The molecule has 0 saturated carbocycles. The highest BCUT2D eigenvalue weighted by Crippen LogP contribution is 2.31. The van der Waals surface area contributed by atoms with Gasteiger partial charge in [-0.2, -0.15) is 0 Å². The van der Waals surface area contributed by atoms with Gasteiger partial charge in [-0.1, -0.05) is 32.0 Å². The molecule has 0 bridgehead atoms. The minimum atomic E-state index is 0.354. The molecule has 1 aromatic rings. The number of aryl methyl sites for hydroxylation is 1. The summed E-state index contributed by atoms with van der Waals surface area (Å²) in [5.74, 6) is 0.765. The van der Waals surface area contributed by atoms with Crippen molar-refractivity contribution in [2.24, 2.45) is 5.92 Å². The molecule has 0 aliphatic carbocycles. The van der Waals surface area contributed by atoms with Crippen LogP contribution in [0.5, 0.6) is 0 Å². The SMILES string of the molecule is Cc1cccc(CC2(CC(C)C)CCCN2)c1C. The van der Waals surface area contributed by atoms with Gasteiger partial charge < -0.3 is 5.32 Å². The Balaban J connectivity index is 2.21. The third kappa shape index (κ3) is 2.95. The predicted octanol–water partition coefficient (Wildman–Crippen LogP) is 4.01. The fourth-order valence-corrected chi connectivity index (χ4v) is 3.42. The summed E-state index contributed by atoms with van der Waals surface area (Å²) in [6.45, 7) is 10.4. The summed E-state index contributed by atoms with van der Waals surface area (Å²) in [6.07, 6.45) is 5.15. The second kappa shape index (κ2) is 5.44. The van der Waals surface area contributed by atoms with E-state index >= 15 is 0 Å². The van der Waals surface area contributed by atoms with E-state index in [1.165, 1.54) is 48.9 Å². The zero-order chi connectivity index (χ0) is 13.2. The summed E-state index contributed by atoms with van der Waals surface area (Å²) in [5.41, 5.74) is 4.79. The van der Waals surface area contributed by atoms with Crippen LogP contribution in [0.4, 0.5) is 0 Å². The Labute approximate surface area is 112 Å². The van der Waals surface area contributed by atoms with Crippen LogP contribution in [-0.4, -0.2) is 12.1 Å². The first-order valence-corrected chi connectivity index (χ1v) is 7.32. The first-order valence-electron chi connectivity index (χ1n) is 7.32. The van der Waals surface area contributed by atoms with Crippen LogP contribution in [0.15, 0.2) is 18.2 Å². The lowest BCUT2D eigenvalue weighted by molar-refractivity contribution is 0.301. The zero-order valence-corrected chi connectivity index (χ0v) is 12.3. The van der Waals surface area contributed by atoms with Crippen LogP contribution in [0.25, 0.3) is 0 Å². The Hall–Kier alpha value is -0.820. The van der Waals surface area contributed by atoms with Crippen molar-refractivity contribution in [1.29, 1.82) is 0 Å². The molecule has 2 rings (SSSR count). The van der Waals surface area contributed by atoms with Crippen molar-refractivity contribution in [3.63, 3.8) is 0 Å². The second-order valence-corrected chi connectivity index (χ2v) is 6.44. The molecule has 1 heteroatoms. The van der Waals surface area contributed by atoms with Crippen LogP contribution in [0.2, 0.25) is 0 Å². The molecule has 1 unspecified atom stereocenters. The molecule has 1 aliphatic heterocycles. The Morgan fingerprint density at radius 3 is 2.67 bits per heavy atom. The van der Waals surface area contributed by atoms with E-state index in [0.29, 0.717) is 5.54 Å². The van der Waals surface area contributed by atoms with Crippen LogP contribution in [0.3, 0.4) is 0 Å². The zero-order valence-electron chi connectivity index (χ0n) is 12.3. The summed E-state index contributed by atoms with van der Waals surface area (Å²) in [7, 11) is 0. The number of hydrogen-bond donors (Lipinski definition) is 1. The van der Waals surface area contributed by atoms with Gasteiger partial charge in [0, 0.05) is 5.54 Å². The summed E-state index contributed by atoms with van der Waals surface area (Å²) < 4.78 is 0. The van der Waals surface area contributed by atoms with Crippen LogP contribution < -0.4 is 5.32 Å². The maximum Gasteiger partial charge on any atom is 0.0224 e. The van der Waals surface area contributed by atoms with Gasteiger partial charge in [-0.05, 0) is 68.7 Å². The quantitative estimate of drug-likeness (QED) is 0.845. The van der Waals surface area contributed by atoms with Crippen molar-refractivity contribution in [3.05, 3.63) is 34.9 Å².